The molecule has 4 nitrogen and oxygen atoms in total. The van der Waals surface area contributed by atoms with E-state index in [1.54, 1.807) is 6.07 Å². The van der Waals surface area contributed by atoms with Crippen LogP contribution in [-0.2, 0) is 6.42 Å². The number of carbonyl (C=O) groups is 1. The first-order chi connectivity index (χ1) is 10.0. The predicted molar refractivity (Wildman–Crippen MR) is 86.9 cm³/mol. The van der Waals surface area contributed by atoms with Crippen LogP contribution < -0.4 is 10.9 Å². The number of aryl methyl sites for hydroxylation is 2. The molecule has 2 N–H and O–H groups in total. The second kappa shape index (κ2) is 8.65. The lowest BCUT2D eigenvalue weighted by Gasteiger charge is -2.16. The summed E-state index contributed by atoms with van der Waals surface area (Å²) in [6, 6.07) is 1.86. The fourth-order valence-electron chi connectivity index (χ4n) is 2.44. The zero-order valence-corrected chi connectivity index (χ0v) is 13.7. The van der Waals surface area contributed by atoms with Crippen LogP contribution in [-0.4, -0.2) is 16.9 Å². The molecule has 1 amide bonds. The number of hydrogen-bond acceptors (Lipinski definition) is 2. The maximum atomic E-state index is 12.3. The Morgan fingerprint density at radius 2 is 2.00 bits per heavy atom. The van der Waals surface area contributed by atoms with Crippen molar-refractivity contribution in [2.45, 2.75) is 72.3 Å². The maximum Gasteiger partial charge on any atom is 0.261 e. The maximum absolute atomic E-state index is 12.3. The van der Waals surface area contributed by atoms with E-state index in [2.05, 4.69) is 31.1 Å². The summed E-state index contributed by atoms with van der Waals surface area (Å²) in [6.07, 6.45) is 5.84. The summed E-state index contributed by atoms with van der Waals surface area (Å²) < 4.78 is 0. The average molecular weight is 292 g/mol. The second-order valence-electron chi connectivity index (χ2n) is 5.64. The average Bonchev–Trinajstić information content (AvgIpc) is 2.46. The van der Waals surface area contributed by atoms with Crippen LogP contribution in [0.2, 0.25) is 0 Å². The van der Waals surface area contributed by atoms with Crippen LogP contribution in [0.4, 0.5) is 0 Å². The van der Waals surface area contributed by atoms with Crippen LogP contribution >= 0.6 is 0 Å². The standard InChI is InChI=1S/C17H28N2O2/c1-5-8-10-13(7-3)18-16(20)14-11-12(4)15(9-6-2)19-17(14)21/h11,13H,5-10H2,1-4H3,(H,18,20)(H,19,21)/t13-/m1/s1. The molecule has 0 bridgehead atoms. The highest BCUT2D eigenvalue weighted by Crippen LogP contribution is 2.09. The zero-order chi connectivity index (χ0) is 15.8. The van der Waals surface area contributed by atoms with Gasteiger partial charge in [-0.25, -0.2) is 0 Å². The second-order valence-corrected chi connectivity index (χ2v) is 5.64. The molecule has 0 aliphatic carbocycles. The molecule has 1 aromatic heterocycles. The van der Waals surface area contributed by atoms with Gasteiger partial charge in [-0.2, -0.15) is 0 Å². The smallest absolute Gasteiger partial charge is 0.261 e. The number of unbranched alkanes of at least 4 members (excludes halogenated alkanes) is 1. The highest BCUT2D eigenvalue weighted by molar-refractivity contribution is 5.94. The Labute approximate surface area is 127 Å². The van der Waals surface area contributed by atoms with Gasteiger partial charge in [0.05, 0.1) is 0 Å². The van der Waals surface area contributed by atoms with Gasteiger partial charge in [-0.05, 0) is 37.8 Å². The van der Waals surface area contributed by atoms with Crippen molar-refractivity contribution in [2.24, 2.45) is 0 Å². The van der Waals surface area contributed by atoms with Crippen LogP contribution in [0.3, 0.4) is 0 Å². The first-order valence-electron chi connectivity index (χ1n) is 8.07. The third-order valence-corrected chi connectivity index (χ3v) is 3.82. The summed E-state index contributed by atoms with van der Waals surface area (Å²) in [5, 5.41) is 2.98. The monoisotopic (exact) mass is 292 g/mol. The van der Waals surface area contributed by atoms with Gasteiger partial charge in [0, 0.05) is 11.7 Å². The van der Waals surface area contributed by atoms with Gasteiger partial charge in [-0.1, -0.05) is 40.0 Å². The van der Waals surface area contributed by atoms with Gasteiger partial charge in [0.1, 0.15) is 5.56 Å². The summed E-state index contributed by atoms with van der Waals surface area (Å²) in [5.41, 5.74) is 1.84. The molecule has 1 rings (SSSR count). The molecule has 0 saturated carbocycles. The van der Waals surface area contributed by atoms with E-state index in [1.165, 1.54) is 0 Å². The van der Waals surface area contributed by atoms with Crippen molar-refractivity contribution in [1.29, 1.82) is 0 Å². The Hall–Kier alpha value is -1.58. The van der Waals surface area contributed by atoms with E-state index < -0.39 is 0 Å². The first kappa shape index (κ1) is 17.5. The molecule has 0 unspecified atom stereocenters. The molecule has 0 saturated heterocycles. The summed E-state index contributed by atoms with van der Waals surface area (Å²) >= 11 is 0. The van der Waals surface area contributed by atoms with Crippen LogP contribution in [0.5, 0.6) is 0 Å². The third-order valence-electron chi connectivity index (χ3n) is 3.82. The van der Waals surface area contributed by atoms with Crippen molar-refractivity contribution in [1.82, 2.24) is 10.3 Å². The van der Waals surface area contributed by atoms with Crippen molar-refractivity contribution in [3.63, 3.8) is 0 Å². The number of aromatic nitrogens is 1. The quantitative estimate of drug-likeness (QED) is 0.772. The summed E-state index contributed by atoms with van der Waals surface area (Å²) in [6.45, 7) is 8.19. The predicted octanol–water partition coefficient (Wildman–Crippen LogP) is 3.33. The molecule has 0 aromatic carbocycles. The SMILES string of the molecule is CCCC[C@@H](CC)NC(=O)c1cc(C)c(CCC)[nH]c1=O. The summed E-state index contributed by atoms with van der Waals surface area (Å²) in [5.74, 6) is -0.259. The Morgan fingerprint density at radius 3 is 2.57 bits per heavy atom. The largest absolute Gasteiger partial charge is 0.349 e. The molecule has 21 heavy (non-hydrogen) atoms. The van der Waals surface area contributed by atoms with E-state index in [-0.39, 0.29) is 23.1 Å². The van der Waals surface area contributed by atoms with Crippen molar-refractivity contribution in [3.8, 4) is 0 Å². The first-order valence-corrected chi connectivity index (χ1v) is 8.07. The molecule has 1 atom stereocenters. The number of carbonyl (C=O) groups excluding carboxylic acids is 1. The highest BCUT2D eigenvalue weighted by atomic mass is 16.2. The molecule has 1 aromatic rings. The summed E-state index contributed by atoms with van der Waals surface area (Å²) in [7, 11) is 0. The van der Waals surface area contributed by atoms with Gasteiger partial charge < -0.3 is 10.3 Å². The van der Waals surface area contributed by atoms with E-state index in [0.717, 1.165) is 49.8 Å². The fraction of sp³-hybridized carbons (Fsp3) is 0.647. The van der Waals surface area contributed by atoms with Gasteiger partial charge in [0.25, 0.3) is 11.5 Å². The lowest BCUT2D eigenvalue weighted by atomic mass is 10.1. The van der Waals surface area contributed by atoms with Crippen molar-refractivity contribution in [3.05, 3.63) is 33.2 Å². The minimum atomic E-state index is -0.285. The van der Waals surface area contributed by atoms with Crippen LogP contribution in [0.1, 0.15) is 74.5 Å². The number of H-pyrrole nitrogens is 1. The molecule has 0 aliphatic heterocycles. The van der Waals surface area contributed by atoms with Crippen LogP contribution in [0, 0.1) is 6.92 Å². The molecule has 0 radical (unpaired) electrons. The van der Waals surface area contributed by atoms with Gasteiger partial charge in [0.2, 0.25) is 0 Å². The Bertz CT molecular complexity index is 520. The number of aromatic amines is 1. The van der Waals surface area contributed by atoms with E-state index in [0.29, 0.717) is 0 Å². The Balaban J connectivity index is 2.87. The lowest BCUT2D eigenvalue weighted by Crippen LogP contribution is -2.37. The highest BCUT2D eigenvalue weighted by Gasteiger charge is 2.16. The van der Waals surface area contributed by atoms with E-state index >= 15 is 0 Å². The summed E-state index contributed by atoms with van der Waals surface area (Å²) in [4.78, 5) is 27.2. The number of amides is 1. The molecular weight excluding hydrogens is 264 g/mol. The van der Waals surface area contributed by atoms with Gasteiger partial charge in [-0.3, -0.25) is 9.59 Å². The van der Waals surface area contributed by atoms with Gasteiger partial charge in [-0.15, -0.1) is 0 Å². The van der Waals surface area contributed by atoms with E-state index in [1.807, 2.05) is 6.92 Å². The molecule has 0 fully saturated rings. The van der Waals surface area contributed by atoms with Gasteiger partial charge >= 0.3 is 0 Å². The van der Waals surface area contributed by atoms with Crippen molar-refractivity contribution >= 4 is 5.91 Å². The van der Waals surface area contributed by atoms with Crippen molar-refractivity contribution < 1.29 is 4.79 Å². The van der Waals surface area contributed by atoms with Crippen molar-refractivity contribution in [2.75, 3.05) is 0 Å². The molecular formula is C17H28N2O2. The van der Waals surface area contributed by atoms with Gasteiger partial charge in [0.15, 0.2) is 0 Å². The molecule has 1 heterocycles. The Kier molecular flexibility index (Phi) is 7.20. The third kappa shape index (κ3) is 5.03. The van der Waals surface area contributed by atoms with Crippen LogP contribution in [0.25, 0.3) is 0 Å². The van der Waals surface area contributed by atoms with Crippen LogP contribution in [0.15, 0.2) is 10.9 Å². The topological polar surface area (TPSA) is 62.0 Å². The normalized spacial score (nSPS) is 12.2. The Morgan fingerprint density at radius 1 is 1.29 bits per heavy atom. The zero-order valence-electron chi connectivity index (χ0n) is 13.7. The lowest BCUT2D eigenvalue weighted by molar-refractivity contribution is 0.0931. The van der Waals surface area contributed by atoms with E-state index in [9.17, 15) is 9.59 Å². The fourth-order valence-corrected chi connectivity index (χ4v) is 2.44. The number of hydrogen-bond donors (Lipinski definition) is 2. The molecule has 4 heteroatoms. The minimum absolute atomic E-state index is 0.146. The van der Waals surface area contributed by atoms with E-state index in [4.69, 9.17) is 0 Å². The number of nitrogens with one attached hydrogen (secondary N) is 2. The minimum Gasteiger partial charge on any atom is -0.349 e. The molecule has 0 aliphatic rings. The number of pyridine rings is 1. The molecule has 118 valence electrons. The number of rotatable bonds is 8. The molecule has 0 spiro atoms.